The zero-order valence-corrected chi connectivity index (χ0v) is 19.7. The monoisotopic (exact) mass is 424 g/mol. The Morgan fingerprint density at radius 1 is 0.567 bits per heavy atom. The van der Waals surface area contributed by atoms with Crippen LogP contribution in [0.4, 0.5) is 0 Å². The van der Waals surface area contributed by atoms with Gasteiger partial charge in [0.25, 0.3) is 0 Å². The van der Waals surface area contributed by atoms with Crippen LogP contribution in [0.1, 0.15) is 68.2 Å². The van der Waals surface area contributed by atoms with Gasteiger partial charge in [-0.1, -0.05) is 55.4 Å². The molecule has 0 aromatic heterocycles. The highest BCUT2D eigenvalue weighted by Crippen LogP contribution is 2.14. The van der Waals surface area contributed by atoms with Gasteiger partial charge in [0.2, 0.25) is 23.6 Å². The van der Waals surface area contributed by atoms with Crippen molar-refractivity contribution in [3.63, 3.8) is 0 Å². The summed E-state index contributed by atoms with van der Waals surface area (Å²) in [4.78, 5) is 51.4. The van der Waals surface area contributed by atoms with Gasteiger partial charge in [-0.05, 0) is 30.1 Å². The maximum atomic E-state index is 13.0. The van der Waals surface area contributed by atoms with Crippen LogP contribution in [-0.2, 0) is 19.2 Å². The molecule has 0 bridgehead atoms. The Labute approximate surface area is 180 Å². The summed E-state index contributed by atoms with van der Waals surface area (Å²) in [6, 6.07) is -2.48. The molecule has 1 saturated heterocycles. The second kappa shape index (κ2) is 11.3. The standard InChI is InChI=1S/C22H40N4O4/c1-11(2)15-9-10-16(27)24-17(12(3)4)21(29)26-19(14(7)8)22(30)25-18(13(5)6)20(28)23-15/h11-15,17-19H,9-10H2,1-8H3,(H,23,28)(H,24,27)(H,25,30)(H,26,29)/t15?,17-,18?,19-/m0/s1. The van der Waals surface area contributed by atoms with Crippen molar-refractivity contribution in [3.05, 3.63) is 0 Å². The van der Waals surface area contributed by atoms with Crippen molar-refractivity contribution in [2.45, 2.75) is 92.4 Å². The molecular weight excluding hydrogens is 384 g/mol. The quantitative estimate of drug-likeness (QED) is 0.545. The number of hydrogen-bond donors (Lipinski definition) is 4. The van der Waals surface area contributed by atoms with E-state index in [2.05, 4.69) is 21.3 Å². The van der Waals surface area contributed by atoms with Crippen LogP contribution in [0.15, 0.2) is 0 Å². The van der Waals surface area contributed by atoms with E-state index < -0.39 is 29.9 Å². The number of rotatable bonds is 4. The smallest absolute Gasteiger partial charge is 0.243 e. The molecule has 4 N–H and O–H groups in total. The second-order valence-corrected chi connectivity index (χ2v) is 9.65. The number of nitrogens with one attached hydrogen (secondary N) is 4. The highest BCUT2D eigenvalue weighted by molar-refractivity contribution is 5.94. The number of amides is 4. The molecule has 1 rings (SSSR count). The Hall–Kier alpha value is -2.12. The van der Waals surface area contributed by atoms with Crippen molar-refractivity contribution in [2.75, 3.05) is 0 Å². The molecule has 1 aliphatic rings. The van der Waals surface area contributed by atoms with Crippen molar-refractivity contribution < 1.29 is 19.2 Å². The van der Waals surface area contributed by atoms with Gasteiger partial charge in [-0.2, -0.15) is 0 Å². The van der Waals surface area contributed by atoms with Crippen molar-refractivity contribution in [3.8, 4) is 0 Å². The average molecular weight is 425 g/mol. The Balaban J connectivity index is 3.30. The number of hydrogen-bond acceptors (Lipinski definition) is 4. The molecule has 8 nitrogen and oxygen atoms in total. The highest BCUT2D eigenvalue weighted by atomic mass is 16.2. The lowest BCUT2D eigenvalue weighted by Crippen LogP contribution is -2.61. The van der Waals surface area contributed by atoms with E-state index in [0.29, 0.717) is 6.42 Å². The molecule has 0 radical (unpaired) electrons. The molecule has 0 aromatic rings. The summed E-state index contributed by atoms with van der Waals surface area (Å²) in [7, 11) is 0. The average Bonchev–Trinajstić information content (AvgIpc) is 2.63. The third-order valence-electron chi connectivity index (χ3n) is 5.57. The first-order valence-corrected chi connectivity index (χ1v) is 11.1. The highest BCUT2D eigenvalue weighted by Gasteiger charge is 2.34. The number of carbonyl (C=O) groups excluding carboxylic acids is 4. The van der Waals surface area contributed by atoms with E-state index in [-0.39, 0.29) is 47.9 Å². The van der Waals surface area contributed by atoms with Crippen LogP contribution in [0.5, 0.6) is 0 Å². The lowest BCUT2D eigenvalue weighted by molar-refractivity contribution is -0.136. The van der Waals surface area contributed by atoms with Crippen molar-refractivity contribution in [1.29, 1.82) is 0 Å². The Morgan fingerprint density at radius 2 is 0.933 bits per heavy atom. The molecule has 4 atom stereocenters. The summed E-state index contributed by atoms with van der Waals surface area (Å²) in [5.74, 6) is -1.66. The molecule has 0 aromatic carbocycles. The summed E-state index contributed by atoms with van der Waals surface area (Å²) < 4.78 is 0. The van der Waals surface area contributed by atoms with Crippen LogP contribution in [-0.4, -0.2) is 47.8 Å². The van der Waals surface area contributed by atoms with E-state index in [0.717, 1.165) is 0 Å². The van der Waals surface area contributed by atoms with Gasteiger partial charge in [0, 0.05) is 12.5 Å². The van der Waals surface area contributed by atoms with E-state index in [4.69, 9.17) is 0 Å². The SMILES string of the molecule is CC(C)C1CCC(=O)N[C@@H](C(C)C)C(=O)N[C@@H](C(C)C)C(=O)NC(C(C)C)C(=O)N1. The molecule has 30 heavy (non-hydrogen) atoms. The summed E-state index contributed by atoms with van der Waals surface area (Å²) >= 11 is 0. The molecule has 0 saturated carbocycles. The van der Waals surface area contributed by atoms with E-state index >= 15 is 0 Å². The Bertz CT molecular complexity index is 631. The molecule has 1 heterocycles. The third-order valence-corrected chi connectivity index (χ3v) is 5.57. The van der Waals surface area contributed by atoms with E-state index in [1.807, 2.05) is 55.4 Å². The fourth-order valence-electron chi connectivity index (χ4n) is 3.47. The van der Waals surface area contributed by atoms with Gasteiger partial charge in [0.15, 0.2) is 0 Å². The fraction of sp³-hybridized carbons (Fsp3) is 0.818. The summed E-state index contributed by atoms with van der Waals surface area (Å²) in [6.07, 6.45) is 0.654. The zero-order valence-electron chi connectivity index (χ0n) is 19.7. The van der Waals surface area contributed by atoms with Gasteiger partial charge in [0.05, 0.1) is 0 Å². The van der Waals surface area contributed by atoms with Crippen LogP contribution in [0.25, 0.3) is 0 Å². The predicted molar refractivity (Wildman–Crippen MR) is 116 cm³/mol. The first-order valence-electron chi connectivity index (χ1n) is 11.1. The van der Waals surface area contributed by atoms with E-state index in [1.165, 1.54) is 0 Å². The van der Waals surface area contributed by atoms with Gasteiger partial charge in [-0.3, -0.25) is 19.2 Å². The molecule has 2 unspecified atom stereocenters. The minimum atomic E-state index is -0.812. The summed E-state index contributed by atoms with van der Waals surface area (Å²) in [5.41, 5.74) is 0. The van der Waals surface area contributed by atoms with Crippen molar-refractivity contribution in [2.24, 2.45) is 23.7 Å². The summed E-state index contributed by atoms with van der Waals surface area (Å²) in [6.45, 7) is 15.1. The minimum Gasteiger partial charge on any atom is -0.351 e. The lowest BCUT2D eigenvalue weighted by Gasteiger charge is -2.31. The molecule has 1 fully saturated rings. The van der Waals surface area contributed by atoms with Crippen LogP contribution in [0, 0.1) is 23.7 Å². The van der Waals surface area contributed by atoms with Crippen LogP contribution < -0.4 is 21.3 Å². The first kappa shape index (κ1) is 25.9. The second-order valence-electron chi connectivity index (χ2n) is 9.65. The van der Waals surface area contributed by atoms with Gasteiger partial charge in [-0.15, -0.1) is 0 Å². The Kier molecular flexibility index (Phi) is 9.78. The third kappa shape index (κ3) is 7.29. The first-order chi connectivity index (χ1) is 13.8. The molecule has 8 heteroatoms. The van der Waals surface area contributed by atoms with Crippen LogP contribution in [0.2, 0.25) is 0 Å². The van der Waals surface area contributed by atoms with Gasteiger partial charge < -0.3 is 21.3 Å². The van der Waals surface area contributed by atoms with Gasteiger partial charge in [-0.25, -0.2) is 0 Å². The normalized spacial score (nSPS) is 27.6. The van der Waals surface area contributed by atoms with Crippen LogP contribution >= 0.6 is 0 Å². The molecule has 172 valence electrons. The minimum absolute atomic E-state index is 0.116. The zero-order chi connectivity index (χ0) is 23.2. The molecule has 4 amide bonds. The number of carbonyl (C=O) groups is 4. The van der Waals surface area contributed by atoms with Gasteiger partial charge >= 0.3 is 0 Å². The largest absolute Gasteiger partial charge is 0.351 e. The Morgan fingerprint density at radius 3 is 1.30 bits per heavy atom. The van der Waals surface area contributed by atoms with Crippen LogP contribution in [0.3, 0.4) is 0 Å². The predicted octanol–water partition coefficient (Wildman–Crippen LogP) is 1.34. The topological polar surface area (TPSA) is 116 Å². The van der Waals surface area contributed by atoms with Gasteiger partial charge in [0.1, 0.15) is 18.1 Å². The maximum Gasteiger partial charge on any atom is 0.243 e. The molecule has 0 aliphatic carbocycles. The van der Waals surface area contributed by atoms with Crippen molar-refractivity contribution >= 4 is 23.6 Å². The molecular formula is C22H40N4O4. The maximum absolute atomic E-state index is 13.0. The van der Waals surface area contributed by atoms with E-state index in [9.17, 15) is 19.2 Å². The van der Waals surface area contributed by atoms with Crippen molar-refractivity contribution in [1.82, 2.24) is 21.3 Å². The molecule has 1 aliphatic heterocycles. The fourth-order valence-corrected chi connectivity index (χ4v) is 3.47. The lowest BCUT2D eigenvalue weighted by atomic mass is 9.95. The summed E-state index contributed by atoms with van der Waals surface area (Å²) in [5, 5.41) is 11.4. The van der Waals surface area contributed by atoms with E-state index in [1.54, 1.807) is 0 Å². The molecule has 0 spiro atoms.